The first kappa shape index (κ1) is 13.9. The molecule has 0 amide bonds. The minimum Gasteiger partial charge on any atom is -0.374 e. The highest BCUT2D eigenvalue weighted by Gasteiger charge is 2.26. The third-order valence-electron chi connectivity index (χ3n) is 3.41. The Kier molecular flexibility index (Phi) is 5.73. The van der Waals surface area contributed by atoms with Gasteiger partial charge in [0.25, 0.3) is 0 Å². The molecule has 0 saturated carbocycles. The molecule has 2 unspecified atom stereocenters. The van der Waals surface area contributed by atoms with E-state index >= 15 is 0 Å². The molecule has 0 spiro atoms. The van der Waals surface area contributed by atoms with Gasteiger partial charge in [0.05, 0.1) is 12.7 Å². The van der Waals surface area contributed by atoms with Crippen LogP contribution in [0, 0.1) is 5.92 Å². The standard InChI is InChI=1S/C13H28N2O/c1-10(2)5-6-12(14)13-9-15(11(3)4)7-8-16-13/h10-13H,5-9,14H2,1-4H3. The van der Waals surface area contributed by atoms with Crippen LogP contribution in [-0.4, -0.2) is 42.8 Å². The zero-order valence-corrected chi connectivity index (χ0v) is 11.3. The van der Waals surface area contributed by atoms with Gasteiger partial charge in [0, 0.05) is 25.2 Å². The maximum absolute atomic E-state index is 6.21. The van der Waals surface area contributed by atoms with E-state index in [-0.39, 0.29) is 12.1 Å². The van der Waals surface area contributed by atoms with Gasteiger partial charge in [-0.15, -0.1) is 0 Å². The summed E-state index contributed by atoms with van der Waals surface area (Å²) in [6.45, 7) is 11.8. The van der Waals surface area contributed by atoms with Crippen molar-refractivity contribution >= 4 is 0 Å². The highest BCUT2D eigenvalue weighted by Crippen LogP contribution is 2.15. The molecular formula is C13H28N2O. The zero-order chi connectivity index (χ0) is 12.1. The topological polar surface area (TPSA) is 38.5 Å². The van der Waals surface area contributed by atoms with Gasteiger partial charge in [-0.2, -0.15) is 0 Å². The van der Waals surface area contributed by atoms with E-state index in [1.165, 1.54) is 6.42 Å². The predicted octanol–water partition coefficient (Wildman–Crippen LogP) is 1.86. The van der Waals surface area contributed by atoms with Crippen LogP contribution < -0.4 is 5.73 Å². The summed E-state index contributed by atoms with van der Waals surface area (Å²) in [4.78, 5) is 2.46. The molecule has 1 aliphatic rings. The van der Waals surface area contributed by atoms with Crippen molar-refractivity contribution in [2.75, 3.05) is 19.7 Å². The van der Waals surface area contributed by atoms with Crippen molar-refractivity contribution in [3.63, 3.8) is 0 Å². The van der Waals surface area contributed by atoms with Crippen molar-refractivity contribution in [2.45, 2.75) is 58.7 Å². The highest BCUT2D eigenvalue weighted by molar-refractivity contribution is 4.82. The lowest BCUT2D eigenvalue weighted by Crippen LogP contribution is -2.52. The van der Waals surface area contributed by atoms with E-state index in [1.807, 2.05) is 0 Å². The van der Waals surface area contributed by atoms with E-state index in [2.05, 4.69) is 32.6 Å². The van der Waals surface area contributed by atoms with Gasteiger partial charge >= 0.3 is 0 Å². The van der Waals surface area contributed by atoms with Gasteiger partial charge in [0.15, 0.2) is 0 Å². The molecule has 1 aliphatic heterocycles. The summed E-state index contributed by atoms with van der Waals surface area (Å²) in [7, 11) is 0. The van der Waals surface area contributed by atoms with Crippen molar-refractivity contribution < 1.29 is 4.74 Å². The molecule has 1 saturated heterocycles. The second-order valence-electron chi connectivity index (χ2n) is 5.63. The monoisotopic (exact) mass is 228 g/mol. The second-order valence-corrected chi connectivity index (χ2v) is 5.63. The Bertz CT molecular complexity index is 194. The van der Waals surface area contributed by atoms with Gasteiger partial charge in [-0.25, -0.2) is 0 Å². The maximum Gasteiger partial charge on any atom is 0.0853 e. The van der Waals surface area contributed by atoms with Crippen LogP contribution in [0.3, 0.4) is 0 Å². The number of morpholine rings is 1. The fourth-order valence-electron chi connectivity index (χ4n) is 2.14. The van der Waals surface area contributed by atoms with Crippen LogP contribution in [0.4, 0.5) is 0 Å². The molecule has 1 heterocycles. The van der Waals surface area contributed by atoms with Gasteiger partial charge < -0.3 is 10.5 Å². The average Bonchev–Trinajstić information content (AvgIpc) is 2.26. The van der Waals surface area contributed by atoms with Crippen LogP contribution in [0.1, 0.15) is 40.5 Å². The molecule has 0 aromatic carbocycles. The highest BCUT2D eigenvalue weighted by atomic mass is 16.5. The average molecular weight is 228 g/mol. The number of hydrogen-bond acceptors (Lipinski definition) is 3. The molecule has 0 bridgehead atoms. The minimum atomic E-state index is 0.198. The Morgan fingerprint density at radius 2 is 1.94 bits per heavy atom. The van der Waals surface area contributed by atoms with Crippen LogP contribution in [-0.2, 0) is 4.74 Å². The van der Waals surface area contributed by atoms with Crippen molar-refractivity contribution in [3.8, 4) is 0 Å². The van der Waals surface area contributed by atoms with Crippen molar-refractivity contribution in [1.29, 1.82) is 0 Å². The van der Waals surface area contributed by atoms with Gasteiger partial charge in [-0.1, -0.05) is 13.8 Å². The summed E-state index contributed by atoms with van der Waals surface area (Å²) in [6, 6.07) is 0.799. The van der Waals surface area contributed by atoms with Crippen LogP contribution in [0.25, 0.3) is 0 Å². The number of rotatable bonds is 5. The van der Waals surface area contributed by atoms with Gasteiger partial charge in [0.1, 0.15) is 0 Å². The second kappa shape index (κ2) is 6.58. The molecule has 2 atom stereocenters. The lowest BCUT2D eigenvalue weighted by Gasteiger charge is -2.38. The first-order valence-electron chi connectivity index (χ1n) is 6.62. The quantitative estimate of drug-likeness (QED) is 0.780. The van der Waals surface area contributed by atoms with Crippen LogP contribution >= 0.6 is 0 Å². The molecule has 0 aliphatic carbocycles. The summed E-state index contributed by atoms with van der Waals surface area (Å²) in [5.41, 5.74) is 6.21. The maximum atomic E-state index is 6.21. The molecule has 0 aromatic heterocycles. The summed E-state index contributed by atoms with van der Waals surface area (Å²) < 4.78 is 5.79. The normalized spacial score (nSPS) is 25.3. The third kappa shape index (κ3) is 4.40. The number of nitrogens with zero attached hydrogens (tertiary/aromatic N) is 1. The van der Waals surface area contributed by atoms with E-state index in [4.69, 9.17) is 10.5 Å². The molecule has 0 aromatic rings. The molecule has 0 radical (unpaired) electrons. The summed E-state index contributed by atoms with van der Waals surface area (Å²) in [5, 5.41) is 0. The summed E-state index contributed by atoms with van der Waals surface area (Å²) in [6.07, 6.45) is 2.51. The van der Waals surface area contributed by atoms with E-state index in [0.717, 1.165) is 32.0 Å². The van der Waals surface area contributed by atoms with Crippen molar-refractivity contribution in [1.82, 2.24) is 4.90 Å². The number of nitrogens with two attached hydrogens (primary N) is 1. The molecule has 1 rings (SSSR count). The zero-order valence-electron chi connectivity index (χ0n) is 11.3. The smallest absolute Gasteiger partial charge is 0.0853 e. The SMILES string of the molecule is CC(C)CCC(N)C1CN(C(C)C)CCO1. The Hall–Kier alpha value is -0.120. The lowest BCUT2D eigenvalue weighted by atomic mass is 9.99. The van der Waals surface area contributed by atoms with Crippen molar-refractivity contribution in [3.05, 3.63) is 0 Å². The fraction of sp³-hybridized carbons (Fsp3) is 1.00. The molecule has 2 N–H and O–H groups in total. The van der Waals surface area contributed by atoms with Gasteiger partial charge in [-0.05, 0) is 32.6 Å². The van der Waals surface area contributed by atoms with E-state index in [9.17, 15) is 0 Å². The molecule has 1 fully saturated rings. The first-order valence-corrected chi connectivity index (χ1v) is 6.62. The van der Waals surface area contributed by atoms with Gasteiger partial charge in [-0.3, -0.25) is 4.90 Å². The first-order chi connectivity index (χ1) is 7.50. The summed E-state index contributed by atoms with van der Waals surface area (Å²) >= 11 is 0. The number of ether oxygens (including phenoxy) is 1. The van der Waals surface area contributed by atoms with Crippen LogP contribution in [0.2, 0.25) is 0 Å². The van der Waals surface area contributed by atoms with E-state index in [0.29, 0.717) is 6.04 Å². The van der Waals surface area contributed by atoms with Crippen LogP contribution in [0.5, 0.6) is 0 Å². The summed E-state index contributed by atoms with van der Waals surface area (Å²) in [5.74, 6) is 0.732. The van der Waals surface area contributed by atoms with Crippen molar-refractivity contribution in [2.24, 2.45) is 11.7 Å². The van der Waals surface area contributed by atoms with Crippen LogP contribution in [0.15, 0.2) is 0 Å². The third-order valence-corrected chi connectivity index (χ3v) is 3.41. The Morgan fingerprint density at radius 3 is 2.50 bits per heavy atom. The molecule has 16 heavy (non-hydrogen) atoms. The largest absolute Gasteiger partial charge is 0.374 e. The van der Waals surface area contributed by atoms with E-state index < -0.39 is 0 Å². The molecular weight excluding hydrogens is 200 g/mol. The number of hydrogen-bond donors (Lipinski definition) is 1. The fourth-order valence-corrected chi connectivity index (χ4v) is 2.14. The molecule has 3 nitrogen and oxygen atoms in total. The molecule has 3 heteroatoms. The Labute approximate surface area is 100 Å². The Balaban J connectivity index is 2.34. The Morgan fingerprint density at radius 1 is 1.25 bits per heavy atom. The predicted molar refractivity (Wildman–Crippen MR) is 68.5 cm³/mol. The molecule has 96 valence electrons. The minimum absolute atomic E-state index is 0.198. The van der Waals surface area contributed by atoms with E-state index in [1.54, 1.807) is 0 Å². The lowest BCUT2D eigenvalue weighted by molar-refractivity contribution is -0.0512. The van der Waals surface area contributed by atoms with Gasteiger partial charge in [0.2, 0.25) is 0 Å².